The summed E-state index contributed by atoms with van der Waals surface area (Å²) < 4.78 is 18.1. The zero-order chi connectivity index (χ0) is 16.1. The van der Waals surface area contributed by atoms with E-state index in [1.54, 1.807) is 19.1 Å². The number of nitrogens with one attached hydrogen (secondary N) is 1. The lowest BCUT2D eigenvalue weighted by molar-refractivity contribution is -0.125. The summed E-state index contributed by atoms with van der Waals surface area (Å²) in [5.41, 5.74) is 0.661. The van der Waals surface area contributed by atoms with Crippen LogP contribution in [0.3, 0.4) is 0 Å². The number of carbonyl (C=O) groups is 1. The van der Waals surface area contributed by atoms with Gasteiger partial charge in [-0.15, -0.1) is 0 Å². The molecule has 0 radical (unpaired) electrons. The Kier molecular flexibility index (Phi) is 5.25. The fourth-order valence-corrected chi connectivity index (χ4v) is 2.11. The van der Waals surface area contributed by atoms with Gasteiger partial charge in [-0.25, -0.2) is 4.39 Å². The first kappa shape index (κ1) is 16.1. The van der Waals surface area contributed by atoms with Crippen molar-refractivity contribution in [3.63, 3.8) is 0 Å². The lowest BCUT2D eigenvalue weighted by atomic mass is 10.1. The number of nitrogens with zero attached hydrogens (tertiary/aromatic N) is 2. The molecular weight excluding hydrogens is 285 g/mol. The average molecular weight is 305 g/mol. The van der Waals surface area contributed by atoms with Crippen molar-refractivity contribution in [2.45, 2.75) is 39.7 Å². The second-order valence-electron chi connectivity index (χ2n) is 5.38. The summed E-state index contributed by atoms with van der Waals surface area (Å²) in [6.45, 7) is 5.72. The summed E-state index contributed by atoms with van der Waals surface area (Å²) in [4.78, 5) is 16.2. The Morgan fingerprint density at radius 3 is 2.64 bits per heavy atom. The van der Waals surface area contributed by atoms with Gasteiger partial charge in [0, 0.05) is 11.5 Å². The number of rotatable bonds is 6. The summed E-state index contributed by atoms with van der Waals surface area (Å²) in [7, 11) is 0. The van der Waals surface area contributed by atoms with Crippen molar-refractivity contribution in [3.8, 4) is 11.4 Å². The van der Waals surface area contributed by atoms with Gasteiger partial charge in [0.25, 0.3) is 0 Å². The molecule has 0 fully saturated rings. The van der Waals surface area contributed by atoms with Gasteiger partial charge in [0.15, 0.2) is 0 Å². The van der Waals surface area contributed by atoms with Crippen molar-refractivity contribution >= 4 is 5.91 Å². The number of hydrogen-bond donors (Lipinski definition) is 1. The summed E-state index contributed by atoms with van der Waals surface area (Å²) in [5, 5.41) is 6.73. The van der Waals surface area contributed by atoms with Gasteiger partial charge in [0.05, 0.1) is 0 Å². The van der Waals surface area contributed by atoms with Gasteiger partial charge in [-0.1, -0.05) is 25.4 Å². The maximum atomic E-state index is 12.9. The van der Waals surface area contributed by atoms with Crippen molar-refractivity contribution in [2.24, 2.45) is 5.92 Å². The first-order valence-electron chi connectivity index (χ1n) is 7.41. The van der Waals surface area contributed by atoms with E-state index in [2.05, 4.69) is 15.5 Å². The summed E-state index contributed by atoms with van der Waals surface area (Å²) in [5.74, 6) is 0.301. The normalized spacial score (nSPS) is 13.6. The van der Waals surface area contributed by atoms with Crippen LogP contribution < -0.4 is 5.32 Å². The Balaban J connectivity index is 2.04. The van der Waals surface area contributed by atoms with E-state index in [-0.39, 0.29) is 23.7 Å². The fraction of sp³-hybridized carbons (Fsp3) is 0.438. The van der Waals surface area contributed by atoms with Gasteiger partial charge in [-0.3, -0.25) is 4.79 Å². The average Bonchev–Trinajstić information content (AvgIpc) is 2.98. The van der Waals surface area contributed by atoms with Gasteiger partial charge in [-0.2, -0.15) is 4.98 Å². The highest BCUT2D eigenvalue weighted by atomic mass is 19.1. The highest BCUT2D eigenvalue weighted by Gasteiger charge is 2.20. The number of amides is 1. The molecule has 22 heavy (non-hydrogen) atoms. The number of aromatic nitrogens is 2. The van der Waals surface area contributed by atoms with Crippen LogP contribution in [0.2, 0.25) is 0 Å². The first-order valence-corrected chi connectivity index (χ1v) is 7.41. The monoisotopic (exact) mass is 305 g/mol. The van der Waals surface area contributed by atoms with Gasteiger partial charge in [0.1, 0.15) is 11.9 Å². The van der Waals surface area contributed by atoms with Crippen LogP contribution in [0.5, 0.6) is 0 Å². The van der Waals surface area contributed by atoms with Crippen LogP contribution >= 0.6 is 0 Å². The van der Waals surface area contributed by atoms with Crippen molar-refractivity contribution < 1.29 is 13.7 Å². The van der Waals surface area contributed by atoms with Crippen LogP contribution in [0, 0.1) is 11.7 Å². The van der Waals surface area contributed by atoms with Crippen molar-refractivity contribution in [1.82, 2.24) is 15.5 Å². The van der Waals surface area contributed by atoms with Crippen LogP contribution in [-0.4, -0.2) is 16.0 Å². The molecule has 0 aliphatic heterocycles. The Hall–Kier alpha value is -2.24. The molecule has 2 aromatic rings. The summed E-state index contributed by atoms with van der Waals surface area (Å²) >= 11 is 0. The molecule has 1 amide bonds. The summed E-state index contributed by atoms with van der Waals surface area (Å²) in [6.07, 6.45) is 1.79. The van der Waals surface area contributed by atoms with Crippen LogP contribution in [-0.2, 0) is 4.79 Å². The highest BCUT2D eigenvalue weighted by molar-refractivity contribution is 5.78. The molecule has 0 aliphatic carbocycles. The Bertz CT molecular complexity index is 625. The first-order chi connectivity index (χ1) is 10.5. The quantitative estimate of drug-likeness (QED) is 0.887. The molecule has 0 unspecified atom stereocenters. The molecule has 118 valence electrons. The summed E-state index contributed by atoms with van der Waals surface area (Å²) in [6, 6.07) is 5.47. The van der Waals surface area contributed by atoms with Gasteiger partial charge < -0.3 is 9.84 Å². The molecule has 2 rings (SSSR count). The third-order valence-electron chi connectivity index (χ3n) is 3.44. The van der Waals surface area contributed by atoms with Crippen LogP contribution in [0.4, 0.5) is 4.39 Å². The molecule has 1 heterocycles. The SMILES string of the molecule is CCC[C@H](C)C(=O)N[C@H](C)c1nc(-c2ccc(F)cc2)no1. The number of hydrogen-bond acceptors (Lipinski definition) is 4. The number of benzene rings is 1. The molecule has 1 aromatic heterocycles. The third-order valence-corrected chi connectivity index (χ3v) is 3.44. The van der Waals surface area contributed by atoms with E-state index in [9.17, 15) is 9.18 Å². The van der Waals surface area contributed by atoms with E-state index in [1.165, 1.54) is 12.1 Å². The van der Waals surface area contributed by atoms with Gasteiger partial charge in [-0.05, 0) is 37.6 Å². The topological polar surface area (TPSA) is 68.0 Å². The van der Waals surface area contributed by atoms with E-state index in [0.717, 1.165) is 12.8 Å². The van der Waals surface area contributed by atoms with Crippen LogP contribution in [0.15, 0.2) is 28.8 Å². The molecule has 5 nitrogen and oxygen atoms in total. The minimum atomic E-state index is -0.367. The zero-order valence-corrected chi connectivity index (χ0v) is 13.0. The van der Waals surface area contributed by atoms with E-state index < -0.39 is 0 Å². The molecule has 1 N–H and O–H groups in total. The van der Waals surface area contributed by atoms with Crippen molar-refractivity contribution in [3.05, 3.63) is 36.0 Å². The minimum absolute atomic E-state index is 0.0316. The lowest BCUT2D eigenvalue weighted by Gasteiger charge is -2.14. The smallest absolute Gasteiger partial charge is 0.249 e. The predicted molar refractivity (Wildman–Crippen MR) is 80.3 cm³/mol. The zero-order valence-electron chi connectivity index (χ0n) is 13.0. The molecule has 0 bridgehead atoms. The van der Waals surface area contributed by atoms with Gasteiger partial charge in [0.2, 0.25) is 17.6 Å². The number of halogens is 1. The second-order valence-corrected chi connectivity index (χ2v) is 5.38. The third kappa shape index (κ3) is 3.90. The van der Waals surface area contributed by atoms with Crippen LogP contribution in [0.1, 0.15) is 45.5 Å². The van der Waals surface area contributed by atoms with Crippen molar-refractivity contribution in [1.29, 1.82) is 0 Å². The Morgan fingerprint density at radius 2 is 2.00 bits per heavy atom. The molecular formula is C16H20FN3O2. The number of carbonyl (C=O) groups excluding carboxylic acids is 1. The Morgan fingerprint density at radius 1 is 1.32 bits per heavy atom. The largest absolute Gasteiger partial charge is 0.344 e. The molecule has 0 saturated carbocycles. The molecule has 1 aromatic carbocycles. The second kappa shape index (κ2) is 7.15. The molecule has 0 saturated heterocycles. The van der Waals surface area contributed by atoms with E-state index in [1.807, 2.05) is 13.8 Å². The Labute approximate surface area is 128 Å². The van der Waals surface area contributed by atoms with E-state index in [4.69, 9.17) is 4.52 Å². The van der Waals surface area contributed by atoms with Crippen LogP contribution in [0.25, 0.3) is 11.4 Å². The maximum absolute atomic E-state index is 12.9. The minimum Gasteiger partial charge on any atom is -0.344 e. The lowest BCUT2D eigenvalue weighted by Crippen LogP contribution is -2.31. The fourth-order valence-electron chi connectivity index (χ4n) is 2.11. The molecule has 0 spiro atoms. The van der Waals surface area contributed by atoms with Crippen molar-refractivity contribution in [2.75, 3.05) is 0 Å². The predicted octanol–water partition coefficient (Wildman–Crippen LogP) is 3.49. The van der Waals surface area contributed by atoms with E-state index in [0.29, 0.717) is 17.3 Å². The van der Waals surface area contributed by atoms with E-state index >= 15 is 0 Å². The molecule has 0 aliphatic rings. The standard InChI is InChI=1S/C16H20FN3O2/c1-4-5-10(2)15(21)18-11(3)16-19-14(20-22-16)12-6-8-13(17)9-7-12/h6-11H,4-5H2,1-3H3,(H,18,21)/t10-,11+/m0/s1. The van der Waals surface area contributed by atoms with Gasteiger partial charge >= 0.3 is 0 Å². The maximum Gasteiger partial charge on any atom is 0.249 e. The highest BCUT2D eigenvalue weighted by Crippen LogP contribution is 2.19. The molecule has 6 heteroatoms. The molecule has 2 atom stereocenters.